The molecule has 7 heteroatoms. The lowest BCUT2D eigenvalue weighted by molar-refractivity contribution is 0.0926. The molecule has 3 aromatic rings. The standard InChI is InChI=1S/C22H23BrClN3O2/c1-3-27(4-2)20(15-7-11-18(24)12-8-15)14-25-22(28)19-13-21(29-26-19)16-5-9-17(23)10-6-16/h5-13,20H,3-4,14H2,1-2H3,(H,25,28). The van der Waals surface area contributed by atoms with Gasteiger partial charge in [-0.2, -0.15) is 0 Å². The van der Waals surface area contributed by atoms with E-state index in [2.05, 4.69) is 45.2 Å². The molecule has 0 aliphatic heterocycles. The molecule has 0 aliphatic rings. The van der Waals surface area contributed by atoms with Crippen molar-refractivity contribution in [2.45, 2.75) is 19.9 Å². The zero-order chi connectivity index (χ0) is 20.8. The maximum absolute atomic E-state index is 12.7. The van der Waals surface area contributed by atoms with Gasteiger partial charge >= 0.3 is 0 Å². The second-order valence-corrected chi connectivity index (χ2v) is 7.93. The lowest BCUT2D eigenvalue weighted by atomic mass is 10.0. The number of carbonyl (C=O) groups excluding carboxylic acids is 1. The van der Waals surface area contributed by atoms with E-state index in [0.29, 0.717) is 17.3 Å². The monoisotopic (exact) mass is 475 g/mol. The van der Waals surface area contributed by atoms with Crippen molar-refractivity contribution in [2.75, 3.05) is 19.6 Å². The van der Waals surface area contributed by atoms with Gasteiger partial charge in [0, 0.05) is 27.7 Å². The SMILES string of the molecule is CCN(CC)C(CNC(=O)c1cc(-c2ccc(Br)cc2)on1)c1ccc(Cl)cc1. The quantitative estimate of drug-likeness (QED) is 0.462. The number of halogens is 2. The molecule has 0 aliphatic carbocycles. The average molecular weight is 477 g/mol. The molecule has 1 heterocycles. The van der Waals surface area contributed by atoms with E-state index in [9.17, 15) is 4.79 Å². The molecule has 0 spiro atoms. The number of benzene rings is 2. The molecule has 5 nitrogen and oxygen atoms in total. The zero-order valence-corrected chi connectivity index (χ0v) is 18.7. The minimum absolute atomic E-state index is 0.0454. The third-order valence-corrected chi connectivity index (χ3v) is 5.62. The fourth-order valence-corrected chi connectivity index (χ4v) is 3.61. The summed E-state index contributed by atoms with van der Waals surface area (Å²) >= 11 is 9.43. The van der Waals surface area contributed by atoms with E-state index in [0.717, 1.165) is 28.7 Å². The van der Waals surface area contributed by atoms with Crippen LogP contribution >= 0.6 is 27.5 Å². The summed E-state index contributed by atoms with van der Waals surface area (Å²) in [5, 5.41) is 7.62. The van der Waals surface area contributed by atoms with Crippen molar-refractivity contribution in [3.8, 4) is 11.3 Å². The summed E-state index contributed by atoms with van der Waals surface area (Å²) in [7, 11) is 0. The van der Waals surface area contributed by atoms with E-state index < -0.39 is 0 Å². The van der Waals surface area contributed by atoms with Crippen LogP contribution in [0.25, 0.3) is 11.3 Å². The highest BCUT2D eigenvalue weighted by atomic mass is 79.9. The van der Waals surface area contributed by atoms with Crippen LogP contribution in [0.4, 0.5) is 0 Å². The van der Waals surface area contributed by atoms with Crippen molar-refractivity contribution < 1.29 is 9.32 Å². The van der Waals surface area contributed by atoms with Crippen LogP contribution in [0.3, 0.4) is 0 Å². The van der Waals surface area contributed by atoms with Gasteiger partial charge in [-0.25, -0.2) is 0 Å². The van der Waals surface area contributed by atoms with E-state index in [4.69, 9.17) is 16.1 Å². The Labute approximate surface area is 184 Å². The molecular weight excluding hydrogens is 454 g/mol. The number of nitrogens with one attached hydrogen (secondary N) is 1. The van der Waals surface area contributed by atoms with Crippen molar-refractivity contribution in [3.05, 3.63) is 75.4 Å². The van der Waals surface area contributed by atoms with E-state index >= 15 is 0 Å². The first kappa shape index (κ1) is 21.6. The van der Waals surface area contributed by atoms with Gasteiger partial charge < -0.3 is 9.84 Å². The van der Waals surface area contributed by atoms with Gasteiger partial charge in [-0.1, -0.05) is 70.8 Å². The Morgan fingerprint density at radius 3 is 2.41 bits per heavy atom. The van der Waals surface area contributed by atoms with Gasteiger partial charge in [0.2, 0.25) is 0 Å². The Hall–Kier alpha value is -2.15. The van der Waals surface area contributed by atoms with Crippen molar-refractivity contribution in [1.29, 1.82) is 0 Å². The van der Waals surface area contributed by atoms with E-state index in [1.54, 1.807) is 6.07 Å². The van der Waals surface area contributed by atoms with Gasteiger partial charge in [0.05, 0.1) is 6.04 Å². The first-order valence-corrected chi connectivity index (χ1v) is 10.7. The summed E-state index contributed by atoms with van der Waals surface area (Å²) < 4.78 is 6.33. The lowest BCUT2D eigenvalue weighted by Gasteiger charge is -2.30. The van der Waals surface area contributed by atoms with Gasteiger partial charge in [-0.15, -0.1) is 0 Å². The number of carbonyl (C=O) groups is 1. The number of nitrogens with zero attached hydrogens (tertiary/aromatic N) is 2. The smallest absolute Gasteiger partial charge is 0.273 e. The van der Waals surface area contributed by atoms with Crippen LogP contribution < -0.4 is 5.32 Å². The number of rotatable bonds is 8. The molecule has 1 amide bonds. The van der Waals surface area contributed by atoms with Gasteiger partial charge in [-0.05, 0) is 42.9 Å². The second-order valence-electron chi connectivity index (χ2n) is 6.58. The predicted molar refractivity (Wildman–Crippen MR) is 119 cm³/mol. The number of hydrogen-bond acceptors (Lipinski definition) is 4. The van der Waals surface area contributed by atoms with Crippen molar-refractivity contribution in [3.63, 3.8) is 0 Å². The van der Waals surface area contributed by atoms with Crippen LogP contribution in [0.1, 0.15) is 35.9 Å². The maximum atomic E-state index is 12.7. The first-order chi connectivity index (χ1) is 14.0. The Morgan fingerprint density at radius 2 is 1.79 bits per heavy atom. The third kappa shape index (κ3) is 5.47. The Balaban J connectivity index is 1.71. The van der Waals surface area contributed by atoms with Gasteiger partial charge in [0.1, 0.15) is 0 Å². The predicted octanol–water partition coefficient (Wildman–Crippen LogP) is 5.57. The lowest BCUT2D eigenvalue weighted by Crippen LogP contribution is -2.38. The fraction of sp³-hybridized carbons (Fsp3) is 0.273. The fourth-order valence-electron chi connectivity index (χ4n) is 3.22. The highest BCUT2D eigenvalue weighted by Gasteiger charge is 2.20. The molecule has 3 rings (SSSR count). The van der Waals surface area contributed by atoms with Crippen molar-refractivity contribution >= 4 is 33.4 Å². The molecule has 1 aromatic heterocycles. The summed E-state index contributed by atoms with van der Waals surface area (Å²) in [6.45, 7) is 6.42. The van der Waals surface area contributed by atoms with Crippen LogP contribution in [0, 0.1) is 0 Å². The number of hydrogen-bond donors (Lipinski definition) is 1. The molecule has 0 bridgehead atoms. The molecule has 0 saturated heterocycles. The Bertz CT molecular complexity index is 937. The zero-order valence-electron chi connectivity index (χ0n) is 16.4. The van der Waals surface area contributed by atoms with Gasteiger partial charge in [0.15, 0.2) is 11.5 Å². The molecular formula is C22H23BrClN3O2. The van der Waals surface area contributed by atoms with Gasteiger partial charge in [-0.3, -0.25) is 9.69 Å². The van der Waals surface area contributed by atoms with Crippen LogP contribution in [-0.2, 0) is 0 Å². The molecule has 152 valence electrons. The van der Waals surface area contributed by atoms with E-state index in [1.807, 2.05) is 48.5 Å². The third-order valence-electron chi connectivity index (χ3n) is 4.84. The largest absolute Gasteiger partial charge is 0.355 e. The number of amides is 1. The van der Waals surface area contributed by atoms with Crippen LogP contribution in [0.15, 0.2) is 63.6 Å². The normalized spacial score (nSPS) is 12.2. The minimum Gasteiger partial charge on any atom is -0.355 e. The summed E-state index contributed by atoms with van der Waals surface area (Å²) in [5.41, 5.74) is 2.23. The average Bonchev–Trinajstić information content (AvgIpc) is 3.22. The molecule has 0 radical (unpaired) electrons. The summed E-state index contributed by atoms with van der Waals surface area (Å²) in [5.74, 6) is 0.295. The maximum Gasteiger partial charge on any atom is 0.273 e. The first-order valence-electron chi connectivity index (χ1n) is 9.52. The van der Waals surface area contributed by atoms with Crippen molar-refractivity contribution in [1.82, 2.24) is 15.4 Å². The van der Waals surface area contributed by atoms with E-state index in [1.165, 1.54) is 0 Å². The number of likely N-dealkylation sites (N-methyl/N-ethyl adjacent to an activating group) is 1. The molecule has 0 saturated carbocycles. The van der Waals surface area contributed by atoms with Crippen LogP contribution in [0.2, 0.25) is 5.02 Å². The summed E-state index contributed by atoms with van der Waals surface area (Å²) in [6, 6.07) is 17.1. The summed E-state index contributed by atoms with van der Waals surface area (Å²) in [4.78, 5) is 14.9. The topological polar surface area (TPSA) is 58.4 Å². The molecule has 0 fully saturated rings. The molecule has 29 heavy (non-hydrogen) atoms. The summed E-state index contributed by atoms with van der Waals surface area (Å²) in [6.07, 6.45) is 0. The molecule has 1 unspecified atom stereocenters. The minimum atomic E-state index is -0.261. The van der Waals surface area contributed by atoms with Crippen molar-refractivity contribution in [2.24, 2.45) is 0 Å². The Kier molecular flexibility index (Phi) is 7.47. The number of aromatic nitrogens is 1. The Morgan fingerprint density at radius 1 is 1.14 bits per heavy atom. The van der Waals surface area contributed by atoms with Crippen LogP contribution in [-0.4, -0.2) is 35.6 Å². The molecule has 1 atom stereocenters. The molecule has 1 N–H and O–H groups in total. The van der Waals surface area contributed by atoms with E-state index in [-0.39, 0.29) is 17.6 Å². The highest BCUT2D eigenvalue weighted by molar-refractivity contribution is 9.10. The van der Waals surface area contributed by atoms with Gasteiger partial charge in [0.25, 0.3) is 5.91 Å². The molecule has 2 aromatic carbocycles. The highest BCUT2D eigenvalue weighted by Crippen LogP contribution is 2.24. The second kappa shape index (κ2) is 10.1. The van der Waals surface area contributed by atoms with Crippen LogP contribution in [0.5, 0.6) is 0 Å².